The number of benzene rings is 1. The lowest BCUT2D eigenvalue weighted by Gasteiger charge is -2.35. The number of pyridine rings is 1. The Morgan fingerprint density at radius 1 is 1.12 bits per heavy atom. The Labute approximate surface area is 148 Å². The number of carbonyl (C=O) groups excluding carboxylic acids is 2. The van der Waals surface area contributed by atoms with Gasteiger partial charge in [0.15, 0.2) is 0 Å². The van der Waals surface area contributed by atoms with Crippen LogP contribution in [0.2, 0.25) is 0 Å². The van der Waals surface area contributed by atoms with Gasteiger partial charge in [0.1, 0.15) is 0 Å². The highest BCUT2D eigenvalue weighted by Crippen LogP contribution is 2.31. The molecule has 1 N–H and O–H groups in total. The van der Waals surface area contributed by atoms with Gasteiger partial charge in [0.05, 0.1) is 17.9 Å². The number of likely N-dealkylation sites (tertiary alicyclic amines) is 1. The van der Waals surface area contributed by atoms with Gasteiger partial charge in [-0.1, -0.05) is 29.8 Å². The fourth-order valence-corrected chi connectivity index (χ4v) is 3.34. The Morgan fingerprint density at radius 2 is 1.96 bits per heavy atom. The largest absolute Gasteiger partial charge is 0.327 e. The van der Waals surface area contributed by atoms with E-state index in [0.717, 1.165) is 36.0 Å². The average Bonchev–Trinajstić information content (AvgIpc) is 2.61. The molecule has 0 aliphatic carbocycles. The zero-order chi connectivity index (χ0) is 17.8. The highest BCUT2D eigenvalue weighted by atomic mass is 16.2. The van der Waals surface area contributed by atoms with Crippen LogP contribution in [0.1, 0.15) is 42.0 Å². The van der Waals surface area contributed by atoms with E-state index in [1.54, 1.807) is 23.4 Å². The number of nitrogens with one attached hydrogen (secondary N) is 1. The second kappa shape index (κ2) is 7.47. The van der Waals surface area contributed by atoms with Crippen molar-refractivity contribution in [2.75, 3.05) is 11.9 Å². The zero-order valence-electron chi connectivity index (χ0n) is 14.7. The lowest BCUT2D eigenvalue weighted by Crippen LogP contribution is -2.44. The summed E-state index contributed by atoms with van der Waals surface area (Å²) in [6.07, 6.45) is 6.12. The van der Waals surface area contributed by atoms with Gasteiger partial charge < -0.3 is 10.2 Å². The summed E-state index contributed by atoms with van der Waals surface area (Å²) in [6.45, 7) is 4.54. The quantitative estimate of drug-likeness (QED) is 0.855. The summed E-state index contributed by atoms with van der Waals surface area (Å²) >= 11 is 0. The van der Waals surface area contributed by atoms with Crippen molar-refractivity contribution in [2.45, 2.75) is 39.2 Å². The molecule has 0 radical (unpaired) electrons. The van der Waals surface area contributed by atoms with Crippen molar-refractivity contribution in [3.05, 3.63) is 59.4 Å². The van der Waals surface area contributed by atoms with Crippen LogP contribution >= 0.6 is 0 Å². The molecule has 0 unspecified atom stereocenters. The number of rotatable bonds is 2. The number of aryl methyl sites for hydroxylation is 2. The Kier molecular flexibility index (Phi) is 5.12. The Bertz CT molecular complexity index is 788. The molecule has 5 heteroatoms. The van der Waals surface area contributed by atoms with Crippen LogP contribution in [0.25, 0.3) is 0 Å². The van der Waals surface area contributed by atoms with Crippen molar-refractivity contribution in [1.82, 2.24) is 9.88 Å². The number of aromatic nitrogens is 1. The maximum absolute atomic E-state index is 12.7. The molecule has 5 nitrogen and oxygen atoms in total. The molecule has 1 aromatic carbocycles. The first-order chi connectivity index (χ1) is 12.0. The smallest absolute Gasteiger partial charge is 0.313 e. The predicted molar refractivity (Wildman–Crippen MR) is 97.1 cm³/mol. The molecule has 0 bridgehead atoms. The van der Waals surface area contributed by atoms with Crippen molar-refractivity contribution in [3.63, 3.8) is 0 Å². The van der Waals surface area contributed by atoms with Crippen molar-refractivity contribution < 1.29 is 9.59 Å². The molecular weight excluding hydrogens is 314 g/mol. The third-order valence-corrected chi connectivity index (χ3v) is 4.52. The molecule has 3 rings (SSSR count). The number of hydrogen-bond acceptors (Lipinski definition) is 3. The van der Waals surface area contributed by atoms with E-state index in [0.29, 0.717) is 12.2 Å². The first-order valence-electron chi connectivity index (χ1n) is 8.65. The number of carbonyl (C=O) groups is 2. The number of piperidine rings is 1. The molecular formula is C20H23N3O2. The monoisotopic (exact) mass is 337 g/mol. The minimum Gasteiger partial charge on any atom is -0.327 e. The van der Waals surface area contributed by atoms with Crippen LogP contribution in [0.15, 0.2) is 42.7 Å². The van der Waals surface area contributed by atoms with Gasteiger partial charge in [-0.15, -0.1) is 0 Å². The molecule has 1 aliphatic heterocycles. The summed E-state index contributed by atoms with van der Waals surface area (Å²) in [7, 11) is 0. The van der Waals surface area contributed by atoms with Crippen molar-refractivity contribution in [1.29, 1.82) is 0 Å². The summed E-state index contributed by atoms with van der Waals surface area (Å²) in [5.74, 6) is -1.08. The van der Waals surface area contributed by atoms with Gasteiger partial charge in [-0.2, -0.15) is 0 Å². The second-order valence-corrected chi connectivity index (χ2v) is 6.63. The molecule has 1 aliphatic rings. The molecule has 2 aromatic rings. The normalized spacial score (nSPS) is 17.2. The summed E-state index contributed by atoms with van der Waals surface area (Å²) < 4.78 is 0. The van der Waals surface area contributed by atoms with E-state index in [2.05, 4.69) is 16.4 Å². The highest BCUT2D eigenvalue weighted by Gasteiger charge is 2.31. The first-order valence-corrected chi connectivity index (χ1v) is 8.65. The van der Waals surface area contributed by atoms with Gasteiger partial charge >= 0.3 is 11.8 Å². The number of anilines is 1. The summed E-state index contributed by atoms with van der Waals surface area (Å²) in [5, 5.41) is 2.67. The van der Waals surface area contributed by atoms with E-state index in [-0.39, 0.29) is 6.04 Å². The second-order valence-electron chi connectivity index (χ2n) is 6.63. The topological polar surface area (TPSA) is 62.3 Å². The predicted octanol–water partition coefficient (Wildman–Crippen LogP) is 3.39. The molecule has 25 heavy (non-hydrogen) atoms. The van der Waals surface area contributed by atoms with Gasteiger partial charge in [0.2, 0.25) is 0 Å². The average molecular weight is 337 g/mol. The van der Waals surface area contributed by atoms with Crippen LogP contribution < -0.4 is 5.32 Å². The fraction of sp³-hybridized carbons (Fsp3) is 0.350. The standard InChI is InChI=1S/C20H23N3O2/c1-14-6-5-7-16(10-14)18-8-3-4-9-23(18)20(25)19(24)22-17-11-15(2)12-21-13-17/h5-7,10-13,18H,3-4,8-9H2,1-2H3,(H,22,24)/t18-/m1/s1. The van der Waals surface area contributed by atoms with E-state index in [4.69, 9.17) is 0 Å². The van der Waals surface area contributed by atoms with E-state index in [1.165, 1.54) is 0 Å². The molecule has 130 valence electrons. The van der Waals surface area contributed by atoms with E-state index in [9.17, 15) is 9.59 Å². The molecule has 1 atom stereocenters. The van der Waals surface area contributed by atoms with Crippen molar-refractivity contribution >= 4 is 17.5 Å². The Balaban J connectivity index is 1.77. The third-order valence-electron chi connectivity index (χ3n) is 4.52. The lowest BCUT2D eigenvalue weighted by atomic mass is 9.94. The van der Waals surface area contributed by atoms with Crippen molar-refractivity contribution in [2.24, 2.45) is 0 Å². The highest BCUT2D eigenvalue weighted by molar-refractivity contribution is 6.39. The zero-order valence-corrected chi connectivity index (χ0v) is 14.7. The molecule has 2 heterocycles. The number of nitrogens with zero attached hydrogens (tertiary/aromatic N) is 2. The van der Waals surface area contributed by atoms with Crippen LogP contribution in [-0.2, 0) is 9.59 Å². The SMILES string of the molecule is Cc1cncc(NC(=O)C(=O)N2CCCC[C@@H]2c2cccc(C)c2)c1. The van der Waals surface area contributed by atoms with Crippen LogP contribution in [0.3, 0.4) is 0 Å². The molecule has 1 saturated heterocycles. The molecule has 0 saturated carbocycles. The lowest BCUT2D eigenvalue weighted by molar-refractivity contribution is -0.145. The first kappa shape index (κ1) is 17.1. The van der Waals surface area contributed by atoms with Crippen LogP contribution in [0.4, 0.5) is 5.69 Å². The van der Waals surface area contributed by atoms with Crippen LogP contribution in [0.5, 0.6) is 0 Å². The van der Waals surface area contributed by atoms with E-state index >= 15 is 0 Å². The summed E-state index contributed by atoms with van der Waals surface area (Å²) in [6, 6.07) is 9.93. The van der Waals surface area contributed by atoms with Crippen LogP contribution in [-0.4, -0.2) is 28.2 Å². The number of hydrogen-bond donors (Lipinski definition) is 1. The number of amides is 2. The van der Waals surface area contributed by atoms with E-state index in [1.807, 2.05) is 32.0 Å². The molecule has 1 fully saturated rings. The van der Waals surface area contributed by atoms with E-state index < -0.39 is 11.8 Å². The summed E-state index contributed by atoms with van der Waals surface area (Å²) in [4.78, 5) is 30.9. The van der Waals surface area contributed by atoms with Gasteiger partial charge in [0.25, 0.3) is 0 Å². The van der Waals surface area contributed by atoms with Gasteiger partial charge in [-0.05, 0) is 50.3 Å². The molecule has 0 spiro atoms. The van der Waals surface area contributed by atoms with Gasteiger partial charge in [-0.25, -0.2) is 0 Å². The van der Waals surface area contributed by atoms with Gasteiger partial charge in [0, 0.05) is 12.7 Å². The van der Waals surface area contributed by atoms with Crippen molar-refractivity contribution in [3.8, 4) is 0 Å². The Hall–Kier alpha value is -2.69. The summed E-state index contributed by atoms with van der Waals surface area (Å²) in [5.41, 5.74) is 3.73. The maximum atomic E-state index is 12.7. The molecule has 1 aromatic heterocycles. The molecule has 2 amide bonds. The Morgan fingerprint density at radius 3 is 2.72 bits per heavy atom. The third kappa shape index (κ3) is 4.05. The minimum atomic E-state index is -0.605. The fourth-order valence-electron chi connectivity index (χ4n) is 3.34. The minimum absolute atomic E-state index is 0.0393. The maximum Gasteiger partial charge on any atom is 0.313 e. The van der Waals surface area contributed by atoms with Crippen LogP contribution in [0, 0.1) is 13.8 Å². The van der Waals surface area contributed by atoms with Gasteiger partial charge in [-0.3, -0.25) is 14.6 Å².